The van der Waals surface area contributed by atoms with E-state index in [1.807, 2.05) is 34.9 Å². The van der Waals surface area contributed by atoms with Gasteiger partial charge in [-0.2, -0.15) is 0 Å². The standard InChI is InChI=1S/C36H64N2O11/c1-13-27-36(9,43)31(41)22(4)29(40)20(2)19-35(8,44-12)32(23(5)30(47-25(7)39)24(6)33(42)48-27)49-34-28(37(10)11)26(18-21(3)46-34)38-14-16-45-17-15-38/h20-24,26-28,30-32,34,41,43H,13-19H2,1-12H3/t20-,21-,22+,23+,24-,26-,27-,28+,30+,31-,32-,34+,35+,36-/m1/s1. The second-order valence-corrected chi connectivity index (χ2v) is 15.3. The van der Waals surface area contributed by atoms with Crippen LogP contribution in [-0.2, 0) is 42.8 Å². The normalized spacial score (nSPS) is 43.9. The molecule has 0 aliphatic carbocycles. The van der Waals surface area contributed by atoms with Crippen molar-refractivity contribution in [3.05, 3.63) is 0 Å². The highest BCUT2D eigenvalue weighted by Gasteiger charge is 2.53. The number of carbonyl (C=O) groups excluding carboxylic acids is 3. The lowest BCUT2D eigenvalue weighted by molar-refractivity contribution is -0.291. The average Bonchev–Trinajstić information content (AvgIpc) is 3.05. The molecule has 0 aromatic carbocycles. The molecule has 0 aromatic rings. The first-order valence-electron chi connectivity index (χ1n) is 18.0. The Hall–Kier alpha value is -1.71. The third-order valence-electron chi connectivity index (χ3n) is 11.2. The predicted octanol–water partition coefficient (Wildman–Crippen LogP) is 2.43. The first-order chi connectivity index (χ1) is 22.8. The van der Waals surface area contributed by atoms with Gasteiger partial charge in [0.05, 0.1) is 49.1 Å². The van der Waals surface area contributed by atoms with Gasteiger partial charge in [-0.15, -0.1) is 0 Å². The molecule has 3 heterocycles. The number of hydrogen-bond donors (Lipinski definition) is 2. The van der Waals surface area contributed by atoms with Crippen LogP contribution in [0.1, 0.15) is 81.6 Å². The maximum Gasteiger partial charge on any atom is 0.312 e. The lowest BCUT2D eigenvalue weighted by atomic mass is 9.74. The van der Waals surface area contributed by atoms with E-state index in [-0.39, 0.29) is 36.8 Å². The van der Waals surface area contributed by atoms with E-state index >= 15 is 0 Å². The number of likely N-dealkylation sites (N-methyl/N-ethyl adjacent to an activating group) is 1. The van der Waals surface area contributed by atoms with Crippen LogP contribution in [0.4, 0.5) is 0 Å². The Bertz CT molecular complexity index is 1110. The highest BCUT2D eigenvalue weighted by molar-refractivity contribution is 5.83. The lowest BCUT2D eigenvalue weighted by Crippen LogP contribution is -2.65. The van der Waals surface area contributed by atoms with Crippen LogP contribution in [0.15, 0.2) is 0 Å². The number of rotatable bonds is 7. The van der Waals surface area contributed by atoms with E-state index in [2.05, 4.69) is 9.80 Å². The molecule has 13 nitrogen and oxygen atoms in total. The van der Waals surface area contributed by atoms with Gasteiger partial charge < -0.3 is 43.5 Å². The van der Waals surface area contributed by atoms with Gasteiger partial charge in [-0.25, -0.2) is 0 Å². The number of nitrogens with zero attached hydrogens (tertiary/aromatic N) is 2. The molecule has 0 unspecified atom stereocenters. The molecule has 2 N–H and O–H groups in total. The summed E-state index contributed by atoms with van der Waals surface area (Å²) in [5.41, 5.74) is -3.11. The Balaban J connectivity index is 2.17. The van der Waals surface area contributed by atoms with E-state index < -0.39 is 77.5 Å². The zero-order valence-corrected chi connectivity index (χ0v) is 31.8. The molecule has 3 saturated heterocycles. The summed E-state index contributed by atoms with van der Waals surface area (Å²) >= 11 is 0. The predicted molar refractivity (Wildman–Crippen MR) is 182 cm³/mol. The van der Waals surface area contributed by atoms with Crippen molar-refractivity contribution >= 4 is 17.7 Å². The number of methoxy groups -OCH3 is 1. The third kappa shape index (κ3) is 9.40. The number of ketones is 1. The van der Waals surface area contributed by atoms with Gasteiger partial charge in [-0.05, 0) is 61.1 Å². The number of aliphatic hydroxyl groups is 2. The molecule has 3 rings (SSSR count). The van der Waals surface area contributed by atoms with Crippen molar-refractivity contribution in [2.24, 2.45) is 23.7 Å². The van der Waals surface area contributed by atoms with E-state index in [4.69, 9.17) is 28.4 Å². The van der Waals surface area contributed by atoms with E-state index in [9.17, 15) is 24.6 Å². The molecule has 0 bridgehead atoms. The van der Waals surface area contributed by atoms with E-state index in [0.29, 0.717) is 13.2 Å². The van der Waals surface area contributed by atoms with Crippen LogP contribution < -0.4 is 0 Å². The van der Waals surface area contributed by atoms with Crippen LogP contribution in [0.2, 0.25) is 0 Å². The first kappa shape index (κ1) is 41.7. The Morgan fingerprint density at radius 2 is 1.67 bits per heavy atom. The van der Waals surface area contributed by atoms with Gasteiger partial charge in [0.25, 0.3) is 0 Å². The molecule has 49 heavy (non-hydrogen) atoms. The van der Waals surface area contributed by atoms with Crippen LogP contribution in [0, 0.1) is 23.7 Å². The molecule has 0 amide bonds. The van der Waals surface area contributed by atoms with Gasteiger partial charge in [0.2, 0.25) is 0 Å². The zero-order valence-electron chi connectivity index (χ0n) is 31.8. The molecule has 13 heteroatoms. The van der Waals surface area contributed by atoms with Crippen LogP contribution in [0.5, 0.6) is 0 Å². The fourth-order valence-corrected chi connectivity index (χ4v) is 8.32. The molecular formula is C36H64N2O11. The van der Waals surface area contributed by atoms with Crippen LogP contribution in [0.25, 0.3) is 0 Å². The summed E-state index contributed by atoms with van der Waals surface area (Å²) in [5, 5.41) is 22.8. The van der Waals surface area contributed by atoms with Crippen molar-refractivity contribution in [3.8, 4) is 0 Å². The van der Waals surface area contributed by atoms with E-state index in [0.717, 1.165) is 19.5 Å². The minimum atomic E-state index is -1.94. The van der Waals surface area contributed by atoms with Crippen LogP contribution in [-0.4, -0.2) is 145 Å². The van der Waals surface area contributed by atoms with Crippen molar-refractivity contribution in [3.63, 3.8) is 0 Å². The quantitative estimate of drug-likeness (QED) is 0.374. The molecule has 0 spiro atoms. The van der Waals surface area contributed by atoms with Crippen molar-refractivity contribution in [2.75, 3.05) is 47.5 Å². The van der Waals surface area contributed by atoms with Crippen LogP contribution >= 0.6 is 0 Å². The number of cyclic esters (lactones) is 1. The van der Waals surface area contributed by atoms with Gasteiger partial charge in [0, 0.05) is 50.9 Å². The number of Topliss-reactive ketones (excluding diaryl/α,β-unsaturated/α-hetero) is 1. The minimum absolute atomic E-state index is 0.0926. The molecular weight excluding hydrogens is 636 g/mol. The number of aliphatic hydroxyl groups excluding tert-OH is 1. The Morgan fingerprint density at radius 3 is 2.20 bits per heavy atom. The number of esters is 2. The molecule has 3 aliphatic rings. The highest BCUT2D eigenvalue weighted by atomic mass is 16.7. The second-order valence-electron chi connectivity index (χ2n) is 15.3. The topological polar surface area (TPSA) is 154 Å². The third-order valence-corrected chi connectivity index (χ3v) is 11.2. The fraction of sp³-hybridized carbons (Fsp3) is 0.917. The number of hydrogen-bond acceptors (Lipinski definition) is 13. The largest absolute Gasteiger partial charge is 0.461 e. The second kappa shape index (κ2) is 17.2. The van der Waals surface area contributed by atoms with Gasteiger partial charge in [0.1, 0.15) is 23.6 Å². The summed E-state index contributed by atoms with van der Waals surface area (Å²) in [4.78, 5) is 44.9. The first-order valence-corrected chi connectivity index (χ1v) is 18.0. The van der Waals surface area contributed by atoms with Gasteiger partial charge >= 0.3 is 11.9 Å². The van der Waals surface area contributed by atoms with Crippen molar-refractivity contribution in [2.45, 2.75) is 142 Å². The molecule has 0 saturated carbocycles. The van der Waals surface area contributed by atoms with Gasteiger partial charge in [-0.3, -0.25) is 19.3 Å². The SMILES string of the molecule is CC[C@H]1OC(=O)[C@H](C)[C@@H](OC(C)=O)[C@H](C)[C@@H](O[C@@H]2O[C@H](C)C[C@@H](N3CCOCC3)[C@@H]2N(C)C)[C@@](C)(OC)C[C@@H](C)C(=O)[C@H](C)[C@@H](O)[C@]1(C)O. The highest BCUT2D eigenvalue weighted by Crippen LogP contribution is 2.40. The summed E-state index contributed by atoms with van der Waals surface area (Å²) in [6, 6.07) is -0.109. The van der Waals surface area contributed by atoms with Crippen LogP contribution in [0.3, 0.4) is 0 Å². The van der Waals surface area contributed by atoms with Crippen molar-refractivity contribution in [1.82, 2.24) is 9.80 Å². The summed E-state index contributed by atoms with van der Waals surface area (Å²) in [6.07, 6.45) is -4.33. The summed E-state index contributed by atoms with van der Waals surface area (Å²) < 4.78 is 37.3. The maximum atomic E-state index is 13.9. The Kier molecular flexibility index (Phi) is 14.6. The number of carbonyl (C=O) groups is 3. The minimum Gasteiger partial charge on any atom is -0.461 e. The summed E-state index contributed by atoms with van der Waals surface area (Å²) in [7, 11) is 5.53. The number of morpholine rings is 1. The van der Waals surface area contributed by atoms with Crippen molar-refractivity contribution in [1.29, 1.82) is 0 Å². The van der Waals surface area contributed by atoms with E-state index in [1.165, 1.54) is 13.8 Å². The van der Waals surface area contributed by atoms with Crippen molar-refractivity contribution < 1.29 is 53.0 Å². The van der Waals surface area contributed by atoms with E-state index in [1.54, 1.807) is 34.8 Å². The molecule has 14 atom stereocenters. The molecule has 0 radical (unpaired) electrons. The summed E-state index contributed by atoms with van der Waals surface area (Å²) in [6.45, 7) is 17.9. The molecule has 0 aromatic heterocycles. The molecule has 284 valence electrons. The lowest BCUT2D eigenvalue weighted by Gasteiger charge is -2.52. The Morgan fingerprint density at radius 1 is 1.06 bits per heavy atom. The zero-order chi connectivity index (χ0) is 37.0. The van der Waals surface area contributed by atoms with Gasteiger partial charge in [0.15, 0.2) is 6.29 Å². The molecule has 3 aliphatic heterocycles. The summed E-state index contributed by atoms with van der Waals surface area (Å²) in [5.74, 6) is -4.90. The van der Waals surface area contributed by atoms with Gasteiger partial charge in [-0.1, -0.05) is 27.7 Å². The smallest absolute Gasteiger partial charge is 0.312 e. The maximum absolute atomic E-state index is 13.9. The Labute approximate surface area is 293 Å². The fourth-order valence-electron chi connectivity index (χ4n) is 8.32. The molecule has 3 fully saturated rings. The monoisotopic (exact) mass is 700 g/mol. The average molecular weight is 701 g/mol. The number of ether oxygens (including phenoxy) is 6.